The van der Waals surface area contributed by atoms with Crippen LogP contribution in [-0.2, 0) is 17.4 Å². The van der Waals surface area contributed by atoms with Gasteiger partial charge in [0.05, 0.1) is 5.56 Å². The lowest BCUT2D eigenvalue weighted by Gasteiger charge is -2.15. The highest BCUT2D eigenvalue weighted by Crippen LogP contribution is 2.34. The molecule has 0 fully saturated rings. The van der Waals surface area contributed by atoms with E-state index in [9.17, 15) is 18.0 Å². The lowest BCUT2D eigenvalue weighted by molar-refractivity contribution is -0.138. The summed E-state index contributed by atoms with van der Waals surface area (Å²) in [6.07, 6.45) is 7.43. The van der Waals surface area contributed by atoms with Crippen LogP contribution in [-0.4, -0.2) is 17.6 Å². The fraction of sp³-hybridized carbons (Fsp3) is 0.667. The second-order valence-corrected chi connectivity index (χ2v) is 7.05. The maximum Gasteiger partial charge on any atom is 0.416 e. The van der Waals surface area contributed by atoms with E-state index in [1.54, 1.807) is 0 Å². The number of carbonyl (C=O) groups is 1. The zero-order valence-electron chi connectivity index (χ0n) is 16.2. The first-order valence-corrected chi connectivity index (χ1v) is 10.0. The number of alkyl halides is 3. The van der Waals surface area contributed by atoms with E-state index >= 15 is 0 Å². The second kappa shape index (κ2) is 12.6. The van der Waals surface area contributed by atoms with E-state index in [2.05, 4.69) is 12.2 Å². The van der Waals surface area contributed by atoms with Crippen molar-refractivity contribution in [1.82, 2.24) is 0 Å². The van der Waals surface area contributed by atoms with E-state index in [4.69, 9.17) is 5.11 Å². The van der Waals surface area contributed by atoms with Gasteiger partial charge in [-0.2, -0.15) is 13.2 Å². The van der Waals surface area contributed by atoms with E-state index in [1.807, 2.05) is 0 Å². The Bertz CT molecular complexity index is 559. The second-order valence-electron chi connectivity index (χ2n) is 7.05. The zero-order valence-corrected chi connectivity index (χ0v) is 16.2. The predicted molar refractivity (Wildman–Crippen MR) is 103 cm³/mol. The molecular weight excluding hydrogens is 355 g/mol. The summed E-state index contributed by atoms with van der Waals surface area (Å²) >= 11 is 0. The molecule has 27 heavy (non-hydrogen) atoms. The van der Waals surface area contributed by atoms with E-state index in [0.717, 1.165) is 31.7 Å². The smallest absolute Gasteiger partial charge is 0.416 e. The summed E-state index contributed by atoms with van der Waals surface area (Å²) in [4.78, 5) is 10.6. The molecule has 1 aromatic carbocycles. The molecule has 1 rings (SSSR count). The molecule has 0 saturated carbocycles. The maximum absolute atomic E-state index is 13.3. The third-order valence-corrected chi connectivity index (χ3v) is 4.66. The van der Waals surface area contributed by atoms with Crippen molar-refractivity contribution in [2.75, 3.05) is 11.9 Å². The number of rotatable bonds is 14. The number of unbranched alkanes of at least 4 members (excludes halogenated alkanes) is 9. The topological polar surface area (TPSA) is 49.3 Å². The molecule has 2 N–H and O–H groups in total. The minimum atomic E-state index is -4.44. The number of halogens is 3. The summed E-state index contributed by atoms with van der Waals surface area (Å²) in [5.41, 5.74) is -0.215. The van der Waals surface area contributed by atoms with E-state index in [1.165, 1.54) is 50.7 Å². The van der Waals surface area contributed by atoms with Crippen molar-refractivity contribution >= 4 is 11.7 Å². The Morgan fingerprint density at radius 3 is 2.04 bits per heavy atom. The molecule has 3 nitrogen and oxygen atoms in total. The van der Waals surface area contributed by atoms with Gasteiger partial charge in [0.2, 0.25) is 0 Å². The highest BCUT2D eigenvalue weighted by atomic mass is 19.4. The molecule has 0 atom stereocenters. The number of aliphatic carboxylic acids is 1. The number of anilines is 1. The third-order valence-electron chi connectivity index (χ3n) is 4.66. The van der Waals surface area contributed by atoms with E-state index in [-0.39, 0.29) is 11.3 Å². The molecule has 0 amide bonds. The molecule has 0 bridgehead atoms. The first-order chi connectivity index (χ1) is 12.8. The lowest BCUT2D eigenvalue weighted by atomic mass is 9.99. The van der Waals surface area contributed by atoms with Gasteiger partial charge in [-0.1, -0.05) is 70.8 Å². The van der Waals surface area contributed by atoms with Crippen LogP contribution in [0.2, 0.25) is 0 Å². The van der Waals surface area contributed by atoms with Gasteiger partial charge < -0.3 is 10.4 Å². The molecule has 0 spiro atoms. The minimum Gasteiger partial charge on any atom is -0.480 e. The van der Waals surface area contributed by atoms with Crippen molar-refractivity contribution in [1.29, 1.82) is 0 Å². The summed E-state index contributed by atoms with van der Waals surface area (Å²) in [6.45, 7) is 1.79. The lowest BCUT2D eigenvalue weighted by Crippen LogP contribution is -2.14. The average Bonchev–Trinajstić information content (AvgIpc) is 2.61. The highest BCUT2D eigenvalue weighted by molar-refractivity contribution is 5.72. The normalized spacial score (nSPS) is 11.6. The largest absolute Gasteiger partial charge is 0.480 e. The number of carboxylic acid groups (broad SMARTS) is 1. The van der Waals surface area contributed by atoms with Crippen LogP contribution in [0.1, 0.15) is 82.3 Å². The van der Waals surface area contributed by atoms with E-state index < -0.39 is 24.3 Å². The van der Waals surface area contributed by atoms with Crippen LogP contribution in [0.4, 0.5) is 18.9 Å². The Labute approximate surface area is 160 Å². The van der Waals surface area contributed by atoms with Crippen molar-refractivity contribution in [3.8, 4) is 0 Å². The van der Waals surface area contributed by atoms with Gasteiger partial charge in [0, 0.05) is 5.69 Å². The Morgan fingerprint density at radius 2 is 1.52 bits per heavy atom. The van der Waals surface area contributed by atoms with Crippen LogP contribution < -0.4 is 5.32 Å². The van der Waals surface area contributed by atoms with Crippen molar-refractivity contribution in [3.05, 3.63) is 29.3 Å². The van der Waals surface area contributed by atoms with Gasteiger partial charge in [0.1, 0.15) is 6.54 Å². The van der Waals surface area contributed by atoms with Crippen molar-refractivity contribution < 1.29 is 23.1 Å². The fourth-order valence-corrected chi connectivity index (χ4v) is 3.15. The monoisotopic (exact) mass is 387 g/mol. The van der Waals surface area contributed by atoms with Crippen LogP contribution in [0.5, 0.6) is 0 Å². The molecular formula is C21H32F3NO2. The standard InChI is InChI=1S/C21H32F3NO2/c1-2-3-4-5-6-7-8-9-10-11-12-17-13-14-18(25-16-20(26)27)15-19(17)21(22,23)24/h13-15,25H,2-12,16H2,1H3,(H,26,27). The van der Waals surface area contributed by atoms with Gasteiger partial charge in [-0.3, -0.25) is 4.79 Å². The van der Waals surface area contributed by atoms with Crippen LogP contribution in [0.25, 0.3) is 0 Å². The van der Waals surface area contributed by atoms with Crippen molar-refractivity contribution in [2.24, 2.45) is 0 Å². The first-order valence-electron chi connectivity index (χ1n) is 10.0. The minimum absolute atomic E-state index is 0.177. The molecule has 154 valence electrons. The van der Waals surface area contributed by atoms with Gasteiger partial charge in [0.25, 0.3) is 0 Å². The molecule has 0 unspecified atom stereocenters. The number of benzene rings is 1. The van der Waals surface area contributed by atoms with Gasteiger partial charge in [-0.05, 0) is 30.5 Å². The quantitative estimate of drug-likeness (QED) is 0.351. The van der Waals surface area contributed by atoms with Crippen LogP contribution in [0, 0.1) is 0 Å². The number of hydrogen-bond acceptors (Lipinski definition) is 2. The summed E-state index contributed by atoms with van der Waals surface area (Å²) in [5, 5.41) is 11.1. The number of hydrogen-bond donors (Lipinski definition) is 2. The van der Waals surface area contributed by atoms with E-state index in [0.29, 0.717) is 6.42 Å². The van der Waals surface area contributed by atoms with Gasteiger partial charge in [-0.15, -0.1) is 0 Å². The Morgan fingerprint density at radius 1 is 0.963 bits per heavy atom. The average molecular weight is 387 g/mol. The summed E-state index contributed by atoms with van der Waals surface area (Å²) in [6, 6.07) is 3.99. The zero-order chi connectivity index (χ0) is 20.1. The van der Waals surface area contributed by atoms with Crippen LogP contribution >= 0.6 is 0 Å². The fourth-order valence-electron chi connectivity index (χ4n) is 3.15. The summed E-state index contributed by atoms with van der Waals surface area (Å²) < 4.78 is 39.9. The Hall–Kier alpha value is -1.72. The molecule has 0 aliphatic heterocycles. The number of carboxylic acids is 1. The maximum atomic E-state index is 13.3. The molecule has 1 aromatic rings. The number of nitrogens with one attached hydrogen (secondary N) is 1. The van der Waals surface area contributed by atoms with Crippen LogP contribution in [0.3, 0.4) is 0 Å². The van der Waals surface area contributed by atoms with Gasteiger partial charge >= 0.3 is 12.1 Å². The SMILES string of the molecule is CCCCCCCCCCCCc1ccc(NCC(=O)O)cc1C(F)(F)F. The molecule has 0 aliphatic carbocycles. The van der Waals surface area contributed by atoms with Crippen LogP contribution in [0.15, 0.2) is 18.2 Å². The Kier molecular flexibility index (Phi) is 10.9. The first kappa shape index (κ1) is 23.3. The van der Waals surface area contributed by atoms with Gasteiger partial charge in [-0.25, -0.2) is 0 Å². The molecule has 0 saturated heterocycles. The molecule has 0 radical (unpaired) electrons. The third kappa shape index (κ3) is 10.3. The molecule has 0 aromatic heterocycles. The van der Waals surface area contributed by atoms with Crippen molar-refractivity contribution in [3.63, 3.8) is 0 Å². The summed E-state index contributed by atoms with van der Waals surface area (Å²) in [5.74, 6) is -1.11. The molecule has 0 aliphatic rings. The number of aryl methyl sites for hydroxylation is 1. The highest BCUT2D eigenvalue weighted by Gasteiger charge is 2.33. The molecule has 0 heterocycles. The Balaban J connectivity index is 2.39. The molecule has 6 heteroatoms. The van der Waals surface area contributed by atoms with Gasteiger partial charge in [0.15, 0.2) is 0 Å². The van der Waals surface area contributed by atoms with Crippen molar-refractivity contribution in [2.45, 2.75) is 83.7 Å². The predicted octanol–water partition coefficient (Wildman–Crippen LogP) is 6.67. The summed E-state index contributed by atoms with van der Waals surface area (Å²) in [7, 11) is 0.